The Hall–Kier alpha value is -2.02. The topological polar surface area (TPSA) is 59.8 Å². The third kappa shape index (κ3) is 6.25. The standard InChI is InChI=1S/C23H26Cl2N4OS/c1-4-29-21(27-28-23(29)31-14-16-9-11-17(24)12-10-16)20(13-15(2)3)26-22(30)18-7-5-6-8-19(18)25/h5-12,15,20H,4,13-14H2,1-3H3,(H,26,30). The van der Waals surface area contributed by atoms with Gasteiger partial charge in [-0.2, -0.15) is 0 Å². The van der Waals surface area contributed by atoms with Crippen molar-refractivity contribution < 1.29 is 4.79 Å². The zero-order valence-electron chi connectivity index (χ0n) is 17.8. The summed E-state index contributed by atoms with van der Waals surface area (Å²) >= 11 is 13.8. The Morgan fingerprint density at radius 1 is 1.10 bits per heavy atom. The average Bonchev–Trinajstić information content (AvgIpc) is 3.15. The summed E-state index contributed by atoms with van der Waals surface area (Å²) in [7, 11) is 0. The third-order valence-corrected chi connectivity index (χ3v) is 6.40. The summed E-state index contributed by atoms with van der Waals surface area (Å²) in [6.45, 7) is 7.01. The summed E-state index contributed by atoms with van der Waals surface area (Å²) in [5, 5.41) is 14.0. The Labute approximate surface area is 197 Å². The number of nitrogens with zero attached hydrogens (tertiary/aromatic N) is 3. The highest BCUT2D eigenvalue weighted by Gasteiger charge is 2.25. The summed E-state index contributed by atoms with van der Waals surface area (Å²) in [6, 6.07) is 14.6. The van der Waals surface area contributed by atoms with E-state index in [1.165, 1.54) is 0 Å². The van der Waals surface area contributed by atoms with E-state index >= 15 is 0 Å². The van der Waals surface area contributed by atoms with Crippen LogP contribution in [0.4, 0.5) is 0 Å². The van der Waals surface area contributed by atoms with E-state index in [4.69, 9.17) is 23.2 Å². The van der Waals surface area contributed by atoms with Crippen molar-refractivity contribution in [3.63, 3.8) is 0 Å². The second kappa shape index (κ2) is 11.0. The highest BCUT2D eigenvalue weighted by atomic mass is 35.5. The quantitative estimate of drug-likeness (QED) is 0.362. The van der Waals surface area contributed by atoms with E-state index in [2.05, 4.69) is 40.9 Å². The first-order valence-corrected chi connectivity index (χ1v) is 12.0. The second-order valence-corrected chi connectivity index (χ2v) is 9.42. The number of nitrogens with one attached hydrogen (secondary N) is 1. The van der Waals surface area contributed by atoms with Gasteiger partial charge in [-0.3, -0.25) is 4.79 Å². The van der Waals surface area contributed by atoms with Gasteiger partial charge in [-0.25, -0.2) is 0 Å². The molecule has 0 fully saturated rings. The van der Waals surface area contributed by atoms with Crippen LogP contribution in [0, 0.1) is 5.92 Å². The number of hydrogen-bond acceptors (Lipinski definition) is 4. The number of benzene rings is 2. The van der Waals surface area contributed by atoms with Crippen molar-refractivity contribution in [2.75, 3.05) is 0 Å². The normalized spacial score (nSPS) is 12.2. The molecule has 0 radical (unpaired) electrons. The predicted molar refractivity (Wildman–Crippen MR) is 128 cm³/mol. The molecule has 0 bridgehead atoms. The summed E-state index contributed by atoms with van der Waals surface area (Å²) in [5.41, 5.74) is 1.62. The van der Waals surface area contributed by atoms with Crippen molar-refractivity contribution in [2.24, 2.45) is 5.92 Å². The van der Waals surface area contributed by atoms with E-state index in [1.54, 1.807) is 30.0 Å². The third-order valence-electron chi connectivity index (χ3n) is 4.79. The van der Waals surface area contributed by atoms with E-state index in [1.807, 2.05) is 30.3 Å². The van der Waals surface area contributed by atoms with Gasteiger partial charge in [0.15, 0.2) is 11.0 Å². The van der Waals surface area contributed by atoms with Crippen LogP contribution in [0.25, 0.3) is 0 Å². The monoisotopic (exact) mass is 476 g/mol. The van der Waals surface area contributed by atoms with E-state index in [0.29, 0.717) is 23.0 Å². The molecule has 3 aromatic rings. The van der Waals surface area contributed by atoms with Gasteiger partial charge >= 0.3 is 0 Å². The number of carbonyl (C=O) groups excluding carboxylic acids is 1. The number of rotatable bonds is 9. The molecule has 0 aliphatic heterocycles. The van der Waals surface area contributed by atoms with Gasteiger partial charge in [0, 0.05) is 17.3 Å². The lowest BCUT2D eigenvalue weighted by atomic mass is 10.0. The molecule has 3 rings (SSSR count). The van der Waals surface area contributed by atoms with Crippen LogP contribution in [0.2, 0.25) is 10.0 Å². The summed E-state index contributed by atoms with van der Waals surface area (Å²) < 4.78 is 2.07. The molecule has 2 aromatic carbocycles. The highest BCUT2D eigenvalue weighted by molar-refractivity contribution is 7.98. The molecular formula is C23H26Cl2N4OS. The fraction of sp³-hybridized carbons (Fsp3) is 0.348. The Morgan fingerprint density at radius 3 is 2.45 bits per heavy atom. The van der Waals surface area contributed by atoms with Crippen LogP contribution in [0.1, 0.15) is 55.0 Å². The molecule has 0 saturated carbocycles. The Kier molecular flexibility index (Phi) is 8.41. The van der Waals surface area contributed by atoms with Gasteiger partial charge in [0.25, 0.3) is 5.91 Å². The molecule has 1 atom stereocenters. The van der Waals surface area contributed by atoms with Gasteiger partial charge in [-0.15, -0.1) is 10.2 Å². The van der Waals surface area contributed by atoms with Gasteiger partial charge in [0.1, 0.15) is 0 Å². The molecule has 1 unspecified atom stereocenters. The predicted octanol–water partition coefficient (Wildman–Crippen LogP) is 6.41. The van der Waals surface area contributed by atoms with Crippen molar-refractivity contribution in [1.82, 2.24) is 20.1 Å². The average molecular weight is 477 g/mol. The van der Waals surface area contributed by atoms with Crippen molar-refractivity contribution in [1.29, 1.82) is 0 Å². The van der Waals surface area contributed by atoms with Crippen LogP contribution in [0.3, 0.4) is 0 Å². The number of halogens is 2. The van der Waals surface area contributed by atoms with E-state index in [0.717, 1.165) is 33.7 Å². The SMILES string of the molecule is CCn1c(SCc2ccc(Cl)cc2)nnc1C(CC(C)C)NC(=O)c1ccccc1Cl. The van der Waals surface area contributed by atoms with Crippen LogP contribution >= 0.6 is 35.0 Å². The maximum atomic E-state index is 12.9. The van der Waals surface area contributed by atoms with Gasteiger partial charge in [0.05, 0.1) is 16.6 Å². The molecule has 0 spiro atoms. The van der Waals surface area contributed by atoms with Crippen molar-refractivity contribution in [2.45, 2.75) is 50.7 Å². The summed E-state index contributed by atoms with van der Waals surface area (Å²) in [5.74, 6) is 1.67. The first-order chi connectivity index (χ1) is 14.9. The second-order valence-electron chi connectivity index (χ2n) is 7.64. The number of hydrogen-bond donors (Lipinski definition) is 1. The highest BCUT2D eigenvalue weighted by Crippen LogP contribution is 2.28. The Morgan fingerprint density at radius 2 is 1.81 bits per heavy atom. The fourth-order valence-corrected chi connectivity index (χ4v) is 4.58. The van der Waals surface area contributed by atoms with Gasteiger partial charge in [0.2, 0.25) is 0 Å². The van der Waals surface area contributed by atoms with Crippen molar-refractivity contribution >= 4 is 40.9 Å². The summed E-state index contributed by atoms with van der Waals surface area (Å²) in [6.07, 6.45) is 0.746. The number of amides is 1. The smallest absolute Gasteiger partial charge is 0.253 e. The molecule has 164 valence electrons. The van der Waals surface area contributed by atoms with E-state index in [9.17, 15) is 4.79 Å². The van der Waals surface area contributed by atoms with E-state index < -0.39 is 0 Å². The van der Waals surface area contributed by atoms with Crippen molar-refractivity contribution in [3.05, 3.63) is 75.5 Å². The molecule has 0 aliphatic carbocycles. The lowest BCUT2D eigenvalue weighted by molar-refractivity contribution is 0.0929. The van der Waals surface area contributed by atoms with Gasteiger partial charge in [-0.1, -0.05) is 73.1 Å². The number of aromatic nitrogens is 3. The Balaban J connectivity index is 1.81. The molecule has 1 aromatic heterocycles. The molecule has 31 heavy (non-hydrogen) atoms. The maximum Gasteiger partial charge on any atom is 0.253 e. The molecule has 0 aliphatic rings. The number of carbonyl (C=O) groups is 1. The van der Waals surface area contributed by atoms with Crippen LogP contribution in [0.5, 0.6) is 0 Å². The lowest BCUT2D eigenvalue weighted by Gasteiger charge is -2.21. The maximum absolute atomic E-state index is 12.9. The molecule has 0 saturated heterocycles. The van der Waals surface area contributed by atoms with E-state index in [-0.39, 0.29) is 11.9 Å². The molecule has 8 heteroatoms. The first kappa shape index (κ1) is 23.6. The fourth-order valence-electron chi connectivity index (χ4n) is 3.27. The van der Waals surface area contributed by atoms with Gasteiger partial charge in [-0.05, 0) is 49.1 Å². The minimum absolute atomic E-state index is 0.211. The molecule has 1 amide bonds. The molecule has 5 nitrogen and oxygen atoms in total. The van der Waals surface area contributed by atoms with Crippen LogP contribution in [-0.2, 0) is 12.3 Å². The zero-order chi connectivity index (χ0) is 22.4. The zero-order valence-corrected chi connectivity index (χ0v) is 20.1. The summed E-state index contributed by atoms with van der Waals surface area (Å²) in [4.78, 5) is 12.9. The molecule has 1 heterocycles. The first-order valence-electron chi connectivity index (χ1n) is 10.2. The lowest BCUT2D eigenvalue weighted by Crippen LogP contribution is -2.31. The van der Waals surface area contributed by atoms with Crippen LogP contribution in [0.15, 0.2) is 53.7 Å². The molecule has 1 N–H and O–H groups in total. The number of thioether (sulfide) groups is 1. The van der Waals surface area contributed by atoms with Crippen molar-refractivity contribution in [3.8, 4) is 0 Å². The molecular weight excluding hydrogens is 451 g/mol. The Bertz CT molecular complexity index is 1020. The van der Waals surface area contributed by atoms with Gasteiger partial charge < -0.3 is 9.88 Å². The van der Waals surface area contributed by atoms with Crippen LogP contribution < -0.4 is 5.32 Å². The van der Waals surface area contributed by atoms with Crippen LogP contribution in [-0.4, -0.2) is 20.7 Å². The minimum Gasteiger partial charge on any atom is -0.342 e. The minimum atomic E-state index is -0.263. The largest absolute Gasteiger partial charge is 0.342 e.